The van der Waals surface area contributed by atoms with Crippen LogP contribution < -0.4 is 20.4 Å². The van der Waals surface area contributed by atoms with Crippen LogP contribution in [0.3, 0.4) is 0 Å². The third-order valence-electron chi connectivity index (χ3n) is 8.74. The van der Waals surface area contributed by atoms with Crippen molar-refractivity contribution < 1.29 is 4.79 Å². The SMILES string of the molecule is CC(=O)N1CCN(C2=NCc3nc(N4CCC5(CC4)Cc4ccccc4C5N)cnc32)c2ccccc21. The molecule has 1 spiro atoms. The fourth-order valence-electron chi connectivity index (χ4n) is 6.70. The Morgan fingerprint density at radius 2 is 1.76 bits per heavy atom. The van der Waals surface area contributed by atoms with E-state index in [-0.39, 0.29) is 17.4 Å². The summed E-state index contributed by atoms with van der Waals surface area (Å²) in [4.78, 5) is 33.3. The lowest BCUT2D eigenvalue weighted by atomic mass is 9.73. The normalized spacial score (nSPS) is 21.5. The first kappa shape index (κ1) is 22.4. The predicted molar refractivity (Wildman–Crippen MR) is 145 cm³/mol. The van der Waals surface area contributed by atoms with E-state index in [0.29, 0.717) is 19.6 Å². The highest BCUT2D eigenvalue weighted by atomic mass is 16.2. The maximum absolute atomic E-state index is 12.2. The molecule has 3 aliphatic heterocycles. The Morgan fingerprint density at radius 3 is 2.54 bits per heavy atom. The van der Waals surface area contributed by atoms with E-state index in [4.69, 9.17) is 20.7 Å². The number of anilines is 3. The van der Waals surface area contributed by atoms with Crippen molar-refractivity contribution in [2.24, 2.45) is 16.1 Å². The van der Waals surface area contributed by atoms with E-state index in [1.54, 1.807) is 6.92 Å². The molecule has 8 heteroatoms. The predicted octanol–water partition coefficient (Wildman–Crippen LogP) is 3.45. The number of rotatable bonds is 1. The number of amides is 1. The van der Waals surface area contributed by atoms with Gasteiger partial charge in [0.2, 0.25) is 5.91 Å². The summed E-state index contributed by atoms with van der Waals surface area (Å²) >= 11 is 0. The smallest absolute Gasteiger partial charge is 0.223 e. The van der Waals surface area contributed by atoms with Crippen LogP contribution in [0.2, 0.25) is 0 Å². The molecule has 1 atom stereocenters. The summed E-state index contributed by atoms with van der Waals surface area (Å²) in [7, 11) is 0. The molecule has 188 valence electrons. The minimum absolute atomic E-state index is 0.0519. The van der Waals surface area contributed by atoms with Gasteiger partial charge >= 0.3 is 0 Å². The molecule has 2 aromatic carbocycles. The first-order valence-corrected chi connectivity index (χ1v) is 13.2. The molecule has 0 saturated carbocycles. The van der Waals surface area contributed by atoms with Gasteiger partial charge < -0.3 is 20.4 Å². The average molecular weight is 494 g/mol. The fourth-order valence-corrected chi connectivity index (χ4v) is 6.70. The minimum Gasteiger partial charge on any atom is -0.355 e. The summed E-state index contributed by atoms with van der Waals surface area (Å²) in [6.45, 7) is 5.30. The number of hydrogen-bond acceptors (Lipinski definition) is 7. The highest BCUT2D eigenvalue weighted by molar-refractivity contribution is 6.13. The Labute approximate surface area is 216 Å². The molecule has 1 saturated heterocycles. The van der Waals surface area contributed by atoms with Gasteiger partial charge in [0.15, 0.2) is 5.84 Å². The monoisotopic (exact) mass is 493 g/mol. The number of nitrogens with two attached hydrogens (primary N) is 1. The number of piperidine rings is 1. The van der Waals surface area contributed by atoms with E-state index in [1.165, 1.54) is 11.1 Å². The molecule has 4 heterocycles. The average Bonchev–Trinajstić information content (AvgIpc) is 3.47. The molecular weight excluding hydrogens is 462 g/mol. The first-order valence-electron chi connectivity index (χ1n) is 13.2. The second-order valence-corrected chi connectivity index (χ2v) is 10.7. The Balaban J connectivity index is 1.10. The Kier molecular flexibility index (Phi) is 5.08. The summed E-state index contributed by atoms with van der Waals surface area (Å²) in [6, 6.07) is 16.8. The van der Waals surface area contributed by atoms with Gasteiger partial charge in [-0.05, 0) is 47.9 Å². The molecule has 37 heavy (non-hydrogen) atoms. The fraction of sp³-hybridized carbons (Fsp3) is 0.379. The second-order valence-electron chi connectivity index (χ2n) is 10.7. The summed E-state index contributed by atoms with van der Waals surface area (Å²) < 4.78 is 0. The number of benzene rings is 2. The van der Waals surface area contributed by atoms with Gasteiger partial charge in [0, 0.05) is 39.1 Å². The van der Waals surface area contributed by atoms with Gasteiger partial charge in [-0.25, -0.2) is 9.97 Å². The molecule has 7 rings (SSSR count). The molecule has 1 amide bonds. The van der Waals surface area contributed by atoms with Crippen LogP contribution in [-0.4, -0.2) is 47.9 Å². The highest BCUT2D eigenvalue weighted by Crippen LogP contribution is 2.51. The minimum atomic E-state index is 0.0519. The van der Waals surface area contributed by atoms with Gasteiger partial charge in [-0.2, -0.15) is 0 Å². The lowest BCUT2D eigenvalue weighted by Gasteiger charge is -2.42. The zero-order chi connectivity index (χ0) is 25.1. The van der Waals surface area contributed by atoms with Crippen molar-refractivity contribution in [3.05, 3.63) is 77.2 Å². The molecule has 8 nitrogen and oxygen atoms in total. The lowest BCUT2D eigenvalue weighted by molar-refractivity contribution is -0.116. The number of carbonyl (C=O) groups is 1. The van der Waals surface area contributed by atoms with Crippen molar-refractivity contribution in [3.63, 3.8) is 0 Å². The number of aliphatic imine (C=N–C) groups is 1. The van der Waals surface area contributed by atoms with Gasteiger partial charge in [0.1, 0.15) is 11.5 Å². The maximum atomic E-state index is 12.2. The summed E-state index contributed by atoms with van der Waals surface area (Å²) in [6.07, 6.45) is 5.09. The van der Waals surface area contributed by atoms with Gasteiger partial charge in [-0.15, -0.1) is 0 Å². The molecule has 1 fully saturated rings. The summed E-state index contributed by atoms with van der Waals surface area (Å²) in [5.74, 6) is 1.82. The number of hydrogen-bond donors (Lipinski definition) is 1. The third-order valence-corrected chi connectivity index (χ3v) is 8.74. The van der Waals surface area contributed by atoms with Gasteiger partial charge in [-0.1, -0.05) is 36.4 Å². The zero-order valence-corrected chi connectivity index (χ0v) is 21.1. The van der Waals surface area contributed by atoms with E-state index in [0.717, 1.165) is 66.8 Å². The van der Waals surface area contributed by atoms with Crippen LogP contribution in [0.15, 0.2) is 59.7 Å². The number of aromatic nitrogens is 2. The van der Waals surface area contributed by atoms with Crippen LogP contribution in [0.25, 0.3) is 0 Å². The summed E-state index contributed by atoms with van der Waals surface area (Å²) in [5, 5.41) is 0. The number of amidine groups is 1. The second kappa shape index (κ2) is 8.38. The topological polar surface area (TPSA) is 91.0 Å². The molecule has 4 aliphatic rings. The Hall–Kier alpha value is -3.78. The lowest BCUT2D eigenvalue weighted by Crippen LogP contribution is -2.46. The van der Waals surface area contributed by atoms with Crippen LogP contribution in [0.4, 0.5) is 17.2 Å². The van der Waals surface area contributed by atoms with Crippen LogP contribution in [0.5, 0.6) is 0 Å². The molecule has 0 radical (unpaired) electrons. The first-order chi connectivity index (χ1) is 18.0. The number of para-hydroxylation sites is 2. The molecule has 3 aromatic rings. The van der Waals surface area contributed by atoms with E-state index in [1.807, 2.05) is 35.4 Å². The van der Waals surface area contributed by atoms with E-state index >= 15 is 0 Å². The number of fused-ring (bicyclic) bond motifs is 3. The van der Waals surface area contributed by atoms with Crippen molar-refractivity contribution in [3.8, 4) is 0 Å². The Morgan fingerprint density at radius 1 is 1.00 bits per heavy atom. The van der Waals surface area contributed by atoms with Crippen LogP contribution in [0, 0.1) is 5.41 Å². The van der Waals surface area contributed by atoms with Gasteiger partial charge in [-0.3, -0.25) is 9.79 Å². The van der Waals surface area contributed by atoms with Crippen LogP contribution in [0.1, 0.15) is 48.3 Å². The molecule has 2 N–H and O–H groups in total. The van der Waals surface area contributed by atoms with E-state index in [9.17, 15) is 4.79 Å². The van der Waals surface area contributed by atoms with Crippen molar-refractivity contribution in [2.75, 3.05) is 40.9 Å². The molecule has 1 aromatic heterocycles. The standard InChI is InChI=1S/C29H31N7O/c1-19(37)35-14-15-36(24-9-5-4-8-23(24)35)28-26-22(17-32-28)33-25(18-31-26)34-12-10-29(11-13-34)16-20-6-2-3-7-21(20)27(29)30/h2-9,18,27H,10-17,30H2,1H3. The van der Waals surface area contributed by atoms with Crippen LogP contribution >= 0.6 is 0 Å². The third kappa shape index (κ3) is 3.46. The Bertz CT molecular complexity index is 1430. The van der Waals surface area contributed by atoms with Gasteiger partial charge in [0.25, 0.3) is 0 Å². The van der Waals surface area contributed by atoms with Crippen molar-refractivity contribution in [2.45, 2.75) is 38.8 Å². The van der Waals surface area contributed by atoms with Crippen molar-refractivity contribution in [1.82, 2.24) is 9.97 Å². The van der Waals surface area contributed by atoms with Crippen molar-refractivity contribution in [1.29, 1.82) is 0 Å². The molecule has 0 bridgehead atoms. The van der Waals surface area contributed by atoms with E-state index < -0.39 is 0 Å². The molecule has 1 aliphatic carbocycles. The highest BCUT2D eigenvalue weighted by Gasteiger charge is 2.46. The number of carbonyl (C=O) groups excluding carboxylic acids is 1. The van der Waals surface area contributed by atoms with E-state index in [2.05, 4.69) is 34.1 Å². The van der Waals surface area contributed by atoms with Crippen LogP contribution in [-0.2, 0) is 17.8 Å². The largest absolute Gasteiger partial charge is 0.355 e. The molecule has 1 unspecified atom stereocenters. The quantitative estimate of drug-likeness (QED) is 0.558. The summed E-state index contributed by atoms with van der Waals surface area (Å²) in [5.41, 5.74) is 13.3. The maximum Gasteiger partial charge on any atom is 0.223 e. The zero-order valence-electron chi connectivity index (χ0n) is 21.1. The van der Waals surface area contributed by atoms with Gasteiger partial charge in [0.05, 0.1) is 29.8 Å². The molecular formula is C29H31N7O. The van der Waals surface area contributed by atoms with Crippen molar-refractivity contribution >= 4 is 28.9 Å². The number of nitrogens with zero attached hydrogens (tertiary/aromatic N) is 6.